The van der Waals surface area contributed by atoms with Crippen molar-refractivity contribution >= 4 is 45.8 Å². The van der Waals surface area contributed by atoms with Gasteiger partial charge in [0.1, 0.15) is 5.60 Å². The van der Waals surface area contributed by atoms with Gasteiger partial charge in [0.25, 0.3) is 0 Å². The van der Waals surface area contributed by atoms with Crippen LogP contribution in [0.3, 0.4) is 0 Å². The molecule has 16 heavy (non-hydrogen) atoms. The number of carbonyl (C=O) groups excluding carboxylic acids is 1. The van der Waals surface area contributed by atoms with Crippen molar-refractivity contribution in [1.29, 1.82) is 0 Å². The van der Waals surface area contributed by atoms with Crippen LogP contribution in [0.2, 0.25) is 5.02 Å². The molecule has 0 aliphatic carbocycles. The van der Waals surface area contributed by atoms with E-state index in [1.165, 1.54) is 6.07 Å². The monoisotopic (exact) mass is 353 g/mol. The second kappa shape index (κ2) is 4.79. The first kappa shape index (κ1) is 13.6. The topological polar surface area (TPSA) is 52.3 Å². The maximum absolute atomic E-state index is 11.8. The van der Waals surface area contributed by atoms with Crippen molar-refractivity contribution in [1.82, 2.24) is 0 Å². The fourth-order valence-electron chi connectivity index (χ4n) is 1.09. The van der Waals surface area contributed by atoms with Gasteiger partial charge in [-0.3, -0.25) is 0 Å². The van der Waals surface area contributed by atoms with E-state index in [4.69, 9.17) is 22.1 Å². The van der Waals surface area contributed by atoms with E-state index in [0.29, 0.717) is 16.3 Å². The van der Waals surface area contributed by atoms with Gasteiger partial charge in [-0.25, -0.2) is 4.79 Å². The van der Waals surface area contributed by atoms with Crippen LogP contribution in [0.15, 0.2) is 12.1 Å². The van der Waals surface area contributed by atoms with Gasteiger partial charge in [0.2, 0.25) is 0 Å². The Labute approximate surface area is 113 Å². The lowest BCUT2D eigenvalue weighted by Crippen LogP contribution is -2.24. The molecule has 0 aromatic heterocycles. The largest absolute Gasteiger partial charge is 0.456 e. The van der Waals surface area contributed by atoms with Gasteiger partial charge in [-0.15, -0.1) is 0 Å². The highest BCUT2D eigenvalue weighted by atomic mass is 127. The predicted octanol–water partition coefficient (Wildman–Crippen LogP) is 3.48. The number of rotatable bonds is 1. The van der Waals surface area contributed by atoms with Gasteiger partial charge >= 0.3 is 5.97 Å². The number of esters is 1. The Morgan fingerprint density at radius 2 is 2.00 bits per heavy atom. The second-order valence-electron chi connectivity index (χ2n) is 4.35. The van der Waals surface area contributed by atoms with E-state index >= 15 is 0 Å². The molecule has 0 heterocycles. The third kappa shape index (κ3) is 3.52. The van der Waals surface area contributed by atoms with Gasteiger partial charge in [0, 0.05) is 8.59 Å². The Balaban J connectivity index is 3.09. The molecular formula is C11H13ClINO2. The van der Waals surface area contributed by atoms with Crippen molar-refractivity contribution in [3.05, 3.63) is 26.3 Å². The molecule has 1 rings (SSSR count). The summed E-state index contributed by atoms with van der Waals surface area (Å²) in [6.07, 6.45) is 0. The molecule has 0 bridgehead atoms. The van der Waals surface area contributed by atoms with E-state index in [9.17, 15) is 4.79 Å². The standard InChI is InChI=1S/C11H13ClINO2/c1-11(2,3)16-10(15)7-4-6(12)5-8(13)9(7)14/h4-5H,14H2,1-3H3. The molecular weight excluding hydrogens is 340 g/mol. The summed E-state index contributed by atoms with van der Waals surface area (Å²) in [6, 6.07) is 3.22. The maximum atomic E-state index is 11.8. The van der Waals surface area contributed by atoms with Crippen LogP contribution < -0.4 is 5.73 Å². The van der Waals surface area contributed by atoms with Gasteiger partial charge < -0.3 is 10.5 Å². The smallest absolute Gasteiger partial charge is 0.340 e. The number of anilines is 1. The Hall–Kier alpha value is -0.490. The van der Waals surface area contributed by atoms with Crippen LogP contribution >= 0.6 is 34.2 Å². The zero-order valence-electron chi connectivity index (χ0n) is 9.30. The first-order valence-corrected chi connectivity index (χ1v) is 6.14. The van der Waals surface area contributed by atoms with E-state index in [1.807, 2.05) is 22.6 Å². The predicted molar refractivity (Wildman–Crippen MR) is 73.7 cm³/mol. The minimum absolute atomic E-state index is 0.312. The average Bonchev–Trinajstić information content (AvgIpc) is 2.08. The highest BCUT2D eigenvalue weighted by Crippen LogP contribution is 2.26. The van der Waals surface area contributed by atoms with E-state index in [1.54, 1.807) is 26.8 Å². The molecule has 5 heteroatoms. The van der Waals surface area contributed by atoms with Crippen LogP contribution in [0.5, 0.6) is 0 Å². The van der Waals surface area contributed by atoms with Gasteiger partial charge in [-0.05, 0) is 55.5 Å². The first-order valence-electron chi connectivity index (χ1n) is 4.68. The molecule has 0 amide bonds. The highest BCUT2D eigenvalue weighted by Gasteiger charge is 2.21. The third-order valence-corrected chi connectivity index (χ3v) is 2.82. The molecule has 0 aliphatic heterocycles. The summed E-state index contributed by atoms with van der Waals surface area (Å²) in [7, 11) is 0. The van der Waals surface area contributed by atoms with Crippen LogP contribution in [-0.4, -0.2) is 11.6 Å². The molecule has 2 N–H and O–H groups in total. The summed E-state index contributed by atoms with van der Waals surface area (Å²) >= 11 is 7.90. The van der Waals surface area contributed by atoms with E-state index in [0.717, 1.165) is 3.57 Å². The third-order valence-electron chi connectivity index (χ3n) is 1.71. The molecule has 3 nitrogen and oxygen atoms in total. The lowest BCUT2D eigenvalue weighted by Gasteiger charge is -2.20. The van der Waals surface area contributed by atoms with Crippen molar-refractivity contribution < 1.29 is 9.53 Å². The van der Waals surface area contributed by atoms with Gasteiger partial charge in [-0.1, -0.05) is 11.6 Å². The summed E-state index contributed by atoms with van der Waals surface area (Å²) in [5.74, 6) is -0.453. The summed E-state index contributed by atoms with van der Waals surface area (Å²) < 4.78 is 5.98. The minimum Gasteiger partial charge on any atom is -0.456 e. The normalized spacial score (nSPS) is 11.3. The SMILES string of the molecule is CC(C)(C)OC(=O)c1cc(Cl)cc(I)c1N. The fraction of sp³-hybridized carbons (Fsp3) is 0.364. The Morgan fingerprint density at radius 3 is 2.50 bits per heavy atom. The van der Waals surface area contributed by atoms with E-state index in [-0.39, 0.29) is 0 Å². The van der Waals surface area contributed by atoms with E-state index in [2.05, 4.69) is 0 Å². The number of benzene rings is 1. The van der Waals surface area contributed by atoms with Crippen LogP contribution in [0.1, 0.15) is 31.1 Å². The first-order chi connectivity index (χ1) is 7.20. The van der Waals surface area contributed by atoms with Gasteiger partial charge in [-0.2, -0.15) is 0 Å². The van der Waals surface area contributed by atoms with Crippen LogP contribution in [0.4, 0.5) is 5.69 Å². The van der Waals surface area contributed by atoms with Crippen LogP contribution in [0.25, 0.3) is 0 Å². The number of hydrogen-bond acceptors (Lipinski definition) is 3. The molecule has 1 aromatic rings. The van der Waals surface area contributed by atoms with Crippen molar-refractivity contribution in [3.63, 3.8) is 0 Å². The van der Waals surface area contributed by atoms with Gasteiger partial charge in [0.05, 0.1) is 11.3 Å². The second-order valence-corrected chi connectivity index (χ2v) is 5.95. The zero-order valence-corrected chi connectivity index (χ0v) is 12.2. The maximum Gasteiger partial charge on any atom is 0.340 e. The van der Waals surface area contributed by atoms with Crippen LogP contribution in [-0.2, 0) is 4.74 Å². The number of carbonyl (C=O) groups is 1. The zero-order chi connectivity index (χ0) is 12.5. The molecule has 0 radical (unpaired) electrons. The molecule has 0 saturated heterocycles. The quantitative estimate of drug-likeness (QED) is 0.478. The molecule has 0 unspecified atom stereocenters. The molecule has 0 atom stereocenters. The molecule has 1 aromatic carbocycles. The summed E-state index contributed by atoms with van der Waals surface area (Å²) in [5.41, 5.74) is 5.97. The number of hydrogen-bond donors (Lipinski definition) is 1. The number of nitrogen functional groups attached to an aromatic ring is 1. The summed E-state index contributed by atoms with van der Waals surface area (Å²) in [5, 5.41) is 0.472. The van der Waals surface area contributed by atoms with E-state index < -0.39 is 11.6 Å². The molecule has 0 spiro atoms. The number of nitrogens with two attached hydrogens (primary N) is 1. The molecule has 0 aliphatic rings. The average molecular weight is 354 g/mol. The molecule has 88 valence electrons. The van der Waals surface area contributed by atoms with Crippen molar-refractivity contribution in [2.75, 3.05) is 5.73 Å². The van der Waals surface area contributed by atoms with Crippen molar-refractivity contribution in [2.24, 2.45) is 0 Å². The molecule has 0 saturated carbocycles. The Bertz CT molecular complexity index is 427. The Kier molecular flexibility index (Phi) is 4.07. The van der Waals surface area contributed by atoms with Crippen molar-refractivity contribution in [3.8, 4) is 0 Å². The minimum atomic E-state index is -0.544. The van der Waals surface area contributed by atoms with Crippen LogP contribution in [0, 0.1) is 3.57 Å². The summed E-state index contributed by atoms with van der Waals surface area (Å²) in [6.45, 7) is 5.41. The number of ether oxygens (including phenoxy) is 1. The molecule has 0 fully saturated rings. The lowest BCUT2D eigenvalue weighted by molar-refractivity contribution is 0.00707. The van der Waals surface area contributed by atoms with Crippen molar-refractivity contribution in [2.45, 2.75) is 26.4 Å². The highest BCUT2D eigenvalue weighted by molar-refractivity contribution is 14.1. The lowest BCUT2D eigenvalue weighted by atomic mass is 10.1. The fourth-order valence-corrected chi connectivity index (χ4v) is 2.12. The Morgan fingerprint density at radius 1 is 1.44 bits per heavy atom. The van der Waals surface area contributed by atoms with Gasteiger partial charge in [0.15, 0.2) is 0 Å². The number of halogens is 2. The summed E-state index contributed by atoms with van der Waals surface area (Å²) in [4.78, 5) is 11.8.